The molecule has 0 radical (unpaired) electrons. The molecule has 0 aromatic heterocycles. The summed E-state index contributed by atoms with van der Waals surface area (Å²) in [5.74, 6) is 0. The van der Waals surface area contributed by atoms with Crippen molar-refractivity contribution in [3.63, 3.8) is 0 Å². The number of ether oxygens (including phenoxy) is 1. The van der Waals surface area contributed by atoms with E-state index in [0.29, 0.717) is 5.41 Å². The molecule has 13 heavy (non-hydrogen) atoms. The summed E-state index contributed by atoms with van der Waals surface area (Å²) in [5, 5.41) is 8.75. The number of hydrogen-bond donors (Lipinski definition) is 1. The van der Waals surface area contributed by atoms with Gasteiger partial charge in [-0.2, -0.15) is 0 Å². The van der Waals surface area contributed by atoms with Crippen molar-refractivity contribution >= 4 is 0 Å². The van der Waals surface area contributed by atoms with E-state index in [0.717, 1.165) is 12.8 Å². The van der Waals surface area contributed by atoms with Gasteiger partial charge < -0.3 is 9.84 Å². The third-order valence-corrected chi connectivity index (χ3v) is 2.24. The summed E-state index contributed by atoms with van der Waals surface area (Å²) < 4.78 is 5.25. The van der Waals surface area contributed by atoms with E-state index in [2.05, 4.69) is 20.8 Å². The molecular formula is C11H24O2. The summed E-state index contributed by atoms with van der Waals surface area (Å²) in [6, 6.07) is 0. The van der Waals surface area contributed by atoms with Gasteiger partial charge in [-0.15, -0.1) is 0 Å². The molecule has 0 heterocycles. The Bertz CT molecular complexity index is 116. The summed E-state index contributed by atoms with van der Waals surface area (Å²) in [5.41, 5.74) is 0.414. The van der Waals surface area contributed by atoms with Gasteiger partial charge in [0.1, 0.15) is 0 Å². The maximum atomic E-state index is 8.75. The maximum absolute atomic E-state index is 8.75. The van der Waals surface area contributed by atoms with E-state index in [1.807, 2.05) is 0 Å². The Morgan fingerprint density at radius 1 is 1.23 bits per heavy atom. The van der Waals surface area contributed by atoms with Crippen LogP contribution in [0.25, 0.3) is 0 Å². The first-order valence-electron chi connectivity index (χ1n) is 5.13. The zero-order chi connectivity index (χ0) is 10.3. The highest BCUT2D eigenvalue weighted by Gasteiger charge is 2.12. The van der Waals surface area contributed by atoms with Crippen molar-refractivity contribution < 1.29 is 9.84 Å². The second kappa shape index (κ2) is 6.39. The molecule has 1 atom stereocenters. The molecule has 0 bridgehead atoms. The van der Waals surface area contributed by atoms with Crippen molar-refractivity contribution in [1.82, 2.24) is 0 Å². The van der Waals surface area contributed by atoms with Crippen molar-refractivity contribution in [2.45, 2.75) is 52.6 Å². The van der Waals surface area contributed by atoms with Gasteiger partial charge in [0.25, 0.3) is 0 Å². The Kier molecular flexibility index (Phi) is 6.35. The van der Waals surface area contributed by atoms with Gasteiger partial charge in [0.2, 0.25) is 0 Å². The lowest BCUT2D eigenvalue weighted by atomic mass is 9.89. The molecule has 1 unspecified atom stereocenters. The zero-order valence-corrected chi connectivity index (χ0v) is 9.47. The summed E-state index contributed by atoms with van der Waals surface area (Å²) >= 11 is 0. The van der Waals surface area contributed by atoms with Gasteiger partial charge in [-0.05, 0) is 24.7 Å². The van der Waals surface area contributed by atoms with Crippen LogP contribution in [0.15, 0.2) is 0 Å². The predicted octanol–water partition coefficient (Wildman–Crippen LogP) is 2.60. The highest BCUT2D eigenvalue weighted by molar-refractivity contribution is 4.64. The molecule has 0 aromatic rings. The fraction of sp³-hybridized carbons (Fsp3) is 1.00. The van der Waals surface area contributed by atoms with Crippen molar-refractivity contribution in [3.05, 3.63) is 0 Å². The van der Waals surface area contributed by atoms with Gasteiger partial charge in [-0.3, -0.25) is 0 Å². The first kappa shape index (κ1) is 12.9. The molecule has 0 spiro atoms. The highest BCUT2D eigenvalue weighted by Crippen LogP contribution is 2.22. The lowest BCUT2D eigenvalue weighted by molar-refractivity contribution is 0.0671. The Hall–Kier alpha value is -0.0800. The average molecular weight is 188 g/mol. The average Bonchev–Trinajstić information content (AvgIpc) is 2.01. The van der Waals surface area contributed by atoms with Crippen LogP contribution in [0.5, 0.6) is 0 Å². The molecule has 0 saturated heterocycles. The van der Waals surface area contributed by atoms with E-state index in [1.54, 1.807) is 7.11 Å². The van der Waals surface area contributed by atoms with Gasteiger partial charge >= 0.3 is 0 Å². The van der Waals surface area contributed by atoms with Gasteiger partial charge in [0, 0.05) is 13.7 Å². The minimum absolute atomic E-state index is 0.230. The Morgan fingerprint density at radius 3 is 2.23 bits per heavy atom. The fourth-order valence-electron chi connectivity index (χ4n) is 1.38. The van der Waals surface area contributed by atoms with Gasteiger partial charge in [-0.1, -0.05) is 27.2 Å². The molecule has 0 aliphatic heterocycles. The second-order valence-corrected chi connectivity index (χ2v) is 4.82. The van der Waals surface area contributed by atoms with Crippen LogP contribution in [0.1, 0.15) is 46.5 Å². The van der Waals surface area contributed by atoms with Crippen LogP contribution < -0.4 is 0 Å². The van der Waals surface area contributed by atoms with E-state index in [1.165, 1.54) is 12.8 Å². The maximum Gasteiger partial charge on any atom is 0.0593 e. The van der Waals surface area contributed by atoms with E-state index in [-0.39, 0.29) is 12.7 Å². The predicted molar refractivity (Wildman–Crippen MR) is 55.8 cm³/mol. The minimum atomic E-state index is 0.230. The summed E-state index contributed by atoms with van der Waals surface area (Å²) in [6.45, 7) is 6.98. The second-order valence-electron chi connectivity index (χ2n) is 4.82. The molecule has 0 amide bonds. The molecule has 2 heteroatoms. The molecule has 0 aliphatic carbocycles. The van der Waals surface area contributed by atoms with Gasteiger partial charge in [-0.25, -0.2) is 0 Å². The third-order valence-electron chi connectivity index (χ3n) is 2.24. The third kappa shape index (κ3) is 8.26. The molecule has 80 valence electrons. The fourth-order valence-corrected chi connectivity index (χ4v) is 1.38. The Balaban J connectivity index is 3.49. The largest absolute Gasteiger partial charge is 0.396 e. The molecular weight excluding hydrogens is 164 g/mol. The monoisotopic (exact) mass is 188 g/mol. The van der Waals surface area contributed by atoms with E-state index in [9.17, 15) is 0 Å². The van der Waals surface area contributed by atoms with Crippen LogP contribution in [0.3, 0.4) is 0 Å². The van der Waals surface area contributed by atoms with E-state index in [4.69, 9.17) is 9.84 Å². The van der Waals surface area contributed by atoms with Crippen LogP contribution in [-0.2, 0) is 4.74 Å². The van der Waals surface area contributed by atoms with E-state index >= 15 is 0 Å². The highest BCUT2D eigenvalue weighted by atomic mass is 16.5. The molecule has 0 aliphatic rings. The Morgan fingerprint density at radius 2 is 1.85 bits per heavy atom. The number of rotatable bonds is 6. The lowest BCUT2D eigenvalue weighted by Gasteiger charge is -2.20. The number of aliphatic hydroxyl groups is 1. The summed E-state index contributed by atoms with van der Waals surface area (Å²) in [7, 11) is 1.72. The number of hydrogen-bond acceptors (Lipinski definition) is 2. The van der Waals surface area contributed by atoms with Crippen LogP contribution >= 0.6 is 0 Å². The first-order chi connectivity index (χ1) is 5.99. The van der Waals surface area contributed by atoms with Crippen LogP contribution in [-0.4, -0.2) is 24.9 Å². The lowest BCUT2D eigenvalue weighted by Crippen LogP contribution is -2.14. The zero-order valence-electron chi connectivity index (χ0n) is 9.47. The van der Waals surface area contributed by atoms with Gasteiger partial charge in [0.05, 0.1) is 6.10 Å². The molecule has 0 fully saturated rings. The molecule has 0 aromatic carbocycles. The molecule has 1 N–H and O–H groups in total. The van der Waals surface area contributed by atoms with Crippen molar-refractivity contribution in [1.29, 1.82) is 0 Å². The topological polar surface area (TPSA) is 29.5 Å². The summed E-state index contributed by atoms with van der Waals surface area (Å²) in [6.07, 6.45) is 4.47. The summed E-state index contributed by atoms with van der Waals surface area (Å²) in [4.78, 5) is 0. The number of aliphatic hydroxyl groups excluding tert-OH is 1. The molecule has 0 rings (SSSR count). The standard InChI is InChI=1S/C11H24O2/c1-11(2,3)8-5-6-10(13-4)7-9-12/h10,12H,5-9H2,1-4H3. The van der Waals surface area contributed by atoms with E-state index < -0.39 is 0 Å². The minimum Gasteiger partial charge on any atom is -0.396 e. The van der Waals surface area contributed by atoms with Crippen molar-refractivity contribution in [3.8, 4) is 0 Å². The molecule has 2 nitrogen and oxygen atoms in total. The van der Waals surface area contributed by atoms with Crippen LogP contribution in [0.2, 0.25) is 0 Å². The quantitative estimate of drug-likeness (QED) is 0.694. The van der Waals surface area contributed by atoms with Crippen molar-refractivity contribution in [2.24, 2.45) is 5.41 Å². The van der Waals surface area contributed by atoms with Crippen LogP contribution in [0, 0.1) is 5.41 Å². The van der Waals surface area contributed by atoms with Crippen LogP contribution in [0.4, 0.5) is 0 Å². The normalized spacial score (nSPS) is 14.5. The smallest absolute Gasteiger partial charge is 0.0593 e. The Labute approximate surface area is 82.3 Å². The number of methoxy groups -OCH3 is 1. The van der Waals surface area contributed by atoms with Gasteiger partial charge in [0.15, 0.2) is 0 Å². The SMILES string of the molecule is COC(CCO)CCCC(C)(C)C. The van der Waals surface area contributed by atoms with Crippen molar-refractivity contribution in [2.75, 3.05) is 13.7 Å². The first-order valence-corrected chi connectivity index (χ1v) is 5.13. The molecule has 0 saturated carbocycles.